The molecule has 0 aliphatic heterocycles. The molecule has 1 aliphatic carbocycles. The summed E-state index contributed by atoms with van der Waals surface area (Å²) in [7, 11) is 0. The van der Waals surface area contributed by atoms with Crippen LogP contribution in [0.1, 0.15) is 19.8 Å². The molecule has 0 aromatic rings. The third kappa shape index (κ3) is 1.88. The van der Waals surface area contributed by atoms with Gasteiger partial charge in [0.05, 0.1) is 0 Å². The van der Waals surface area contributed by atoms with Gasteiger partial charge in [0.15, 0.2) is 0 Å². The van der Waals surface area contributed by atoms with Crippen LogP contribution in [0.5, 0.6) is 0 Å². The molecule has 11 heavy (non-hydrogen) atoms. The van der Waals surface area contributed by atoms with E-state index in [9.17, 15) is 0 Å². The fraction of sp³-hybridized carbons (Fsp3) is 0.333. The molecule has 0 aromatic carbocycles. The molecule has 0 nitrogen and oxygen atoms in total. The van der Waals surface area contributed by atoms with Crippen molar-refractivity contribution in [2.75, 3.05) is 0 Å². The Morgan fingerprint density at radius 3 is 2.55 bits per heavy atom. The van der Waals surface area contributed by atoms with Gasteiger partial charge in [-0.25, -0.2) is 0 Å². The summed E-state index contributed by atoms with van der Waals surface area (Å²) in [4.78, 5) is 0. The number of rotatable bonds is 1. The molecule has 0 amide bonds. The molecule has 60 valence electrons. The van der Waals surface area contributed by atoms with Crippen LogP contribution in [0.25, 0.3) is 0 Å². The van der Waals surface area contributed by atoms with Crippen molar-refractivity contribution < 1.29 is 0 Å². The van der Waals surface area contributed by atoms with Crippen molar-refractivity contribution in [2.45, 2.75) is 19.8 Å². The summed E-state index contributed by atoms with van der Waals surface area (Å²) >= 11 is 11.9. The molecule has 0 bridgehead atoms. The highest BCUT2D eigenvalue weighted by Crippen LogP contribution is 2.33. The minimum absolute atomic E-state index is 0.744. The van der Waals surface area contributed by atoms with Gasteiger partial charge in [0, 0.05) is 15.6 Å². The molecule has 0 radical (unpaired) electrons. The first-order chi connectivity index (χ1) is 5.13. The van der Waals surface area contributed by atoms with Crippen molar-refractivity contribution in [3.63, 3.8) is 0 Å². The van der Waals surface area contributed by atoms with E-state index in [2.05, 4.69) is 6.58 Å². The zero-order valence-corrected chi connectivity index (χ0v) is 7.97. The normalized spacial score (nSPS) is 18.3. The summed E-state index contributed by atoms with van der Waals surface area (Å²) in [5.41, 5.74) is 1.87. The largest absolute Gasteiger partial charge is 0.0954 e. The Hall–Kier alpha value is -0.200. The molecule has 0 N–H and O–H groups in total. The molecule has 2 heteroatoms. The highest BCUT2D eigenvalue weighted by molar-refractivity contribution is 6.36. The summed E-state index contributed by atoms with van der Waals surface area (Å²) in [6.45, 7) is 5.73. The highest BCUT2D eigenvalue weighted by atomic mass is 35.5. The van der Waals surface area contributed by atoms with Crippen LogP contribution >= 0.6 is 23.2 Å². The van der Waals surface area contributed by atoms with E-state index in [-0.39, 0.29) is 0 Å². The smallest absolute Gasteiger partial charge is 0.0452 e. The molecule has 0 unspecified atom stereocenters. The monoisotopic (exact) mass is 188 g/mol. The van der Waals surface area contributed by atoms with Crippen LogP contribution in [0.4, 0.5) is 0 Å². The van der Waals surface area contributed by atoms with Crippen molar-refractivity contribution >= 4 is 23.2 Å². The Kier molecular flexibility index (Phi) is 2.80. The zero-order valence-electron chi connectivity index (χ0n) is 6.45. The Morgan fingerprint density at radius 2 is 2.18 bits per heavy atom. The first-order valence-electron chi connectivity index (χ1n) is 3.53. The second kappa shape index (κ2) is 3.46. The first kappa shape index (κ1) is 8.89. The molecule has 0 fully saturated rings. The molecule has 1 aliphatic rings. The van der Waals surface area contributed by atoms with Crippen LogP contribution < -0.4 is 0 Å². The van der Waals surface area contributed by atoms with Crippen LogP contribution in [-0.2, 0) is 0 Å². The number of allylic oxidation sites excluding steroid dienone is 5. The molecule has 1 rings (SSSR count). The van der Waals surface area contributed by atoms with E-state index in [0.29, 0.717) is 0 Å². The topological polar surface area (TPSA) is 0 Å². The molecule has 0 saturated heterocycles. The predicted octanol–water partition coefficient (Wildman–Crippen LogP) is 3.97. The van der Waals surface area contributed by atoms with Gasteiger partial charge >= 0.3 is 0 Å². The van der Waals surface area contributed by atoms with E-state index >= 15 is 0 Å². The summed E-state index contributed by atoms with van der Waals surface area (Å²) in [6.07, 6.45) is 3.81. The van der Waals surface area contributed by atoms with Gasteiger partial charge in [-0.1, -0.05) is 35.9 Å². The van der Waals surface area contributed by atoms with Crippen LogP contribution in [0.3, 0.4) is 0 Å². The van der Waals surface area contributed by atoms with Crippen LogP contribution in [0, 0.1) is 0 Å². The van der Waals surface area contributed by atoms with Gasteiger partial charge in [-0.15, -0.1) is 0 Å². The van der Waals surface area contributed by atoms with Crippen molar-refractivity contribution in [3.05, 3.63) is 33.9 Å². The minimum Gasteiger partial charge on any atom is -0.0954 e. The van der Waals surface area contributed by atoms with Gasteiger partial charge in [0.2, 0.25) is 0 Å². The maximum absolute atomic E-state index is 5.97. The molecular weight excluding hydrogens is 179 g/mol. The van der Waals surface area contributed by atoms with Gasteiger partial charge in [0.25, 0.3) is 0 Å². The van der Waals surface area contributed by atoms with Crippen LogP contribution in [0.2, 0.25) is 0 Å². The van der Waals surface area contributed by atoms with Gasteiger partial charge in [-0.05, 0) is 25.3 Å². The summed E-state index contributed by atoms with van der Waals surface area (Å²) in [6, 6.07) is 0. The van der Waals surface area contributed by atoms with Crippen LogP contribution in [-0.4, -0.2) is 0 Å². The number of halogens is 2. The standard InChI is InChI=1S/C9H10Cl2/c1-6(2)9-7(10)4-3-5-8(9)11/h4H,1,3,5H2,2H3. The Morgan fingerprint density at radius 1 is 1.55 bits per heavy atom. The molecule has 0 spiro atoms. The number of hydrogen-bond donors (Lipinski definition) is 0. The molecule has 0 aromatic heterocycles. The lowest BCUT2D eigenvalue weighted by molar-refractivity contribution is 0.993. The maximum atomic E-state index is 5.97. The molecule has 0 saturated carbocycles. The van der Waals surface area contributed by atoms with E-state index in [1.165, 1.54) is 0 Å². The Labute approximate surface area is 77.2 Å². The van der Waals surface area contributed by atoms with Gasteiger partial charge < -0.3 is 0 Å². The van der Waals surface area contributed by atoms with Crippen molar-refractivity contribution in [1.29, 1.82) is 0 Å². The van der Waals surface area contributed by atoms with E-state index in [0.717, 1.165) is 34.1 Å². The van der Waals surface area contributed by atoms with E-state index in [1.807, 2.05) is 13.0 Å². The predicted molar refractivity (Wildman–Crippen MR) is 50.9 cm³/mol. The average Bonchev–Trinajstić information content (AvgIpc) is 1.85. The lowest BCUT2D eigenvalue weighted by Crippen LogP contribution is -1.94. The summed E-state index contributed by atoms with van der Waals surface area (Å²) in [5, 5.41) is 1.58. The van der Waals surface area contributed by atoms with Gasteiger partial charge in [-0.2, -0.15) is 0 Å². The third-order valence-corrected chi connectivity index (χ3v) is 2.35. The van der Waals surface area contributed by atoms with Gasteiger partial charge in [-0.3, -0.25) is 0 Å². The van der Waals surface area contributed by atoms with E-state index < -0.39 is 0 Å². The lowest BCUT2D eigenvalue weighted by Gasteiger charge is -2.13. The Bertz CT molecular complexity index is 246. The SMILES string of the molecule is C=C(C)C1=C(Cl)CCC=C1Cl. The molecule has 0 atom stereocenters. The Balaban J connectivity index is 3.04. The summed E-state index contributed by atoms with van der Waals surface area (Å²) in [5.74, 6) is 0. The van der Waals surface area contributed by atoms with Gasteiger partial charge in [0.1, 0.15) is 0 Å². The van der Waals surface area contributed by atoms with E-state index in [4.69, 9.17) is 23.2 Å². The lowest BCUT2D eigenvalue weighted by atomic mass is 10.0. The fourth-order valence-electron chi connectivity index (χ4n) is 1.12. The molecule has 0 heterocycles. The average molecular weight is 189 g/mol. The van der Waals surface area contributed by atoms with Crippen LogP contribution in [0.15, 0.2) is 33.9 Å². The second-order valence-corrected chi connectivity index (χ2v) is 3.51. The summed E-state index contributed by atoms with van der Waals surface area (Å²) < 4.78 is 0. The first-order valence-corrected chi connectivity index (χ1v) is 4.29. The minimum atomic E-state index is 0.744. The van der Waals surface area contributed by atoms with E-state index in [1.54, 1.807) is 0 Å². The van der Waals surface area contributed by atoms with Crippen molar-refractivity contribution in [3.8, 4) is 0 Å². The second-order valence-electron chi connectivity index (χ2n) is 2.65. The maximum Gasteiger partial charge on any atom is 0.0452 e. The quantitative estimate of drug-likeness (QED) is 0.585. The third-order valence-electron chi connectivity index (χ3n) is 1.62. The van der Waals surface area contributed by atoms with Crippen molar-refractivity contribution in [1.82, 2.24) is 0 Å². The fourth-order valence-corrected chi connectivity index (χ4v) is 1.92. The zero-order chi connectivity index (χ0) is 8.43. The highest BCUT2D eigenvalue weighted by Gasteiger charge is 2.12. The number of hydrogen-bond acceptors (Lipinski definition) is 0. The molecular formula is C9H10Cl2. The van der Waals surface area contributed by atoms with Crippen molar-refractivity contribution in [2.24, 2.45) is 0 Å².